The molecular formula is C22H22FN5OS. The van der Waals surface area contributed by atoms with Crippen LogP contribution in [0.1, 0.15) is 29.7 Å². The number of anilines is 2. The average Bonchev–Trinajstić information content (AvgIpc) is 3.12. The Labute approximate surface area is 178 Å². The van der Waals surface area contributed by atoms with Gasteiger partial charge in [0.25, 0.3) is 5.91 Å². The van der Waals surface area contributed by atoms with Crippen LogP contribution in [0.25, 0.3) is 0 Å². The first-order valence-corrected chi connectivity index (χ1v) is 10.7. The molecule has 1 aromatic heterocycles. The SMILES string of the molecule is CSc1nc2n(n1)C(c1ccc(F)cc1)C(C(=O)Nc1ccc(C)cc1C)=C(C)N2. The first-order chi connectivity index (χ1) is 14.4. The number of thioether (sulfide) groups is 1. The van der Waals surface area contributed by atoms with Gasteiger partial charge in [0.05, 0.1) is 5.57 Å². The zero-order chi connectivity index (χ0) is 21.4. The van der Waals surface area contributed by atoms with Gasteiger partial charge in [0.15, 0.2) is 0 Å². The highest BCUT2D eigenvalue weighted by Gasteiger charge is 2.34. The molecule has 2 N–H and O–H groups in total. The second-order valence-corrected chi connectivity index (χ2v) is 8.03. The quantitative estimate of drug-likeness (QED) is 0.596. The van der Waals surface area contributed by atoms with E-state index in [9.17, 15) is 9.18 Å². The van der Waals surface area contributed by atoms with Crippen LogP contribution in [0.5, 0.6) is 0 Å². The van der Waals surface area contributed by atoms with E-state index in [1.165, 1.54) is 23.9 Å². The number of hydrogen-bond donors (Lipinski definition) is 2. The number of nitrogens with zero attached hydrogens (tertiary/aromatic N) is 3. The molecule has 2 heterocycles. The largest absolute Gasteiger partial charge is 0.328 e. The zero-order valence-corrected chi connectivity index (χ0v) is 18.0. The predicted molar refractivity (Wildman–Crippen MR) is 117 cm³/mol. The van der Waals surface area contributed by atoms with E-state index >= 15 is 0 Å². The fraction of sp³-hybridized carbons (Fsp3) is 0.227. The van der Waals surface area contributed by atoms with Crippen molar-refractivity contribution in [2.75, 3.05) is 16.9 Å². The number of amides is 1. The molecule has 1 aliphatic rings. The first-order valence-electron chi connectivity index (χ1n) is 9.49. The van der Waals surface area contributed by atoms with Gasteiger partial charge in [-0.25, -0.2) is 9.07 Å². The zero-order valence-electron chi connectivity index (χ0n) is 17.2. The van der Waals surface area contributed by atoms with Crippen LogP contribution >= 0.6 is 11.8 Å². The summed E-state index contributed by atoms with van der Waals surface area (Å²) in [4.78, 5) is 17.9. The molecule has 0 saturated carbocycles. The normalized spacial score (nSPS) is 15.6. The van der Waals surface area contributed by atoms with Gasteiger partial charge >= 0.3 is 0 Å². The van der Waals surface area contributed by atoms with E-state index in [4.69, 9.17) is 0 Å². The second kappa shape index (κ2) is 7.95. The number of benzene rings is 2. The maximum atomic E-state index is 13.6. The van der Waals surface area contributed by atoms with Crippen molar-refractivity contribution in [2.45, 2.75) is 32.0 Å². The molecule has 8 heteroatoms. The minimum Gasteiger partial charge on any atom is -0.328 e. The molecule has 0 fully saturated rings. The van der Waals surface area contributed by atoms with E-state index < -0.39 is 6.04 Å². The Morgan fingerprint density at radius 3 is 2.57 bits per heavy atom. The Morgan fingerprint density at radius 1 is 1.17 bits per heavy atom. The molecule has 0 bridgehead atoms. The minimum atomic E-state index is -0.527. The Bertz CT molecular complexity index is 1150. The Balaban J connectivity index is 1.78. The summed E-state index contributed by atoms with van der Waals surface area (Å²) in [5.41, 5.74) is 4.79. The van der Waals surface area contributed by atoms with Gasteiger partial charge in [-0.15, -0.1) is 5.10 Å². The molecule has 30 heavy (non-hydrogen) atoms. The molecule has 1 aliphatic heterocycles. The number of aryl methyl sites for hydroxylation is 2. The van der Waals surface area contributed by atoms with Crippen molar-refractivity contribution in [3.63, 3.8) is 0 Å². The van der Waals surface area contributed by atoms with Gasteiger partial charge in [-0.05, 0) is 56.4 Å². The molecule has 0 saturated heterocycles. The lowest BCUT2D eigenvalue weighted by Crippen LogP contribution is -2.31. The highest BCUT2D eigenvalue weighted by Crippen LogP contribution is 2.36. The third kappa shape index (κ3) is 3.70. The average molecular weight is 424 g/mol. The summed E-state index contributed by atoms with van der Waals surface area (Å²) in [7, 11) is 0. The molecule has 3 aromatic rings. The third-order valence-electron chi connectivity index (χ3n) is 5.08. The summed E-state index contributed by atoms with van der Waals surface area (Å²) in [6.07, 6.45) is 1.89. The summed E-state index contributed by atoms with van der Waals surface area (Å²) in [6, 6.07) is 11.5. The number of halogens is 1. The molecule has 1 amide bonds. The fourth-order valence-corrected chi connectivity index (χ4v) is 3.96. The number of allylic oxidation sites excluding steroid dienone is 1. The van der Waals surface area contributed by atoms with Crippen LogP contribution in [0.4, 0.5) is 16.0 Å². The number of aromatic nitrogens is 3. The van der Waals surface area contributed by atoms with E-state index in [1.807, 2.05) is 45.2 Å². The molecule has 1 unspecified atom stereocenters. The van der Waals surface area contributed by atoms with Crippen LogP contribution in [0, 0.1) is 19.7 Å². The molecule has 2 aromatic carbocycles. The van der Waals surface area contributed by atoms with Gasteiger partial charge < -0.3 is 10.6 Å². The molecule has 154 valence electrons. The van der Waals surface area contributed by atoms with Gasteiger partial charge in [-0.1, -0.05) is 41.6 Å². The number of hydrogen-bond acceptors (Lipinski definition) is 5. The van der Waals surface area contributed by atoms with E-state index in [2.05, 4.69) is 20.7 Å². The van der Waals surface area contributed by atoms with Gasteiger partial charge in [0.2, 0.25) is 11.1 Å². The van der Waals surface area contributed by atoms with E-state index in [-0.39, 0.29) is 11.7 Å². The molecule has 4 rings (SSSR count). The molecular weight excluding hydrogens is 401 g/mol. The summed E-state index contributed by atoms with van der Waals surface area (Å²) in [5, 5.41) is 11.4. The molecule has 0 radical (unpaired) electrons. The van der Waals surface area contributed by atoms with Crippen molar-refractivity contribution in [1.82, 2.24) is 14.8 Å². The Morgan fingerprint density at radius 2 is 1.90 bits per heavy atom. The minimum absolute atomic E-state index is 0.242. The van der Waals surface area contributed by atoms with Crippen molar-refractivity contribution in [2.24, 2.45) is 0 Å². The number of nitrogens with one attached hydrogen (secondary N) is 2. The maximum absolute atomic E-state index is 13.6. The lowest BCUT2D eigenvalue weighted by atomic mass is 9.95. The highest BCUT2D eigenvalue weighted by atomic mass is 32.2. The Kier molecular flexibility index (Phi) is 5.34. The van der Waals surface area contributed by atoms with Crippen molar-refractivity contribution >= 4 is 29.3 Å². The number of rotatable bonds is 4. The van der Waals surface area contributed by atoms with Crippen molar-refractivity contribution in [3.8, 4) is 0 Å². The van der Waals surface area contributed by atoms with E-state index in [0.717, 1.165) is 22.4 Å². The molecule has 6 nitrogen and oxygen atoms in total. The maximum Gasteiger partial charge on any atom is 0.255 e. The summed E-state index contributed by atoms with van der Waals surface area (Å²) in [6.45, 7) is 5.81. The predicted octanol–water partition coefficient (Wildman–Crippen LogP) is 4.68. The summed E-state index contributed by atoms with van der Waals surface area (Å²) < 4.78 is 15.2. The monoisotopic (exact) mass is 423 g/mol. The Hall–Kier alpha value is -3.13. The third-order valence-corrected chi connectivity index (χ3v) is 5.61. The fourth-order valence-electron chi connectivity index (χ4n) is 3.61. The number of carbonyl (C=O) groups is 1. The smallest absolute Gasteiger partial charge is 0.255 e. The van der Waals surface area contributed by atoms with Crippen LogP contribution in [0.2, 0.25) is 0 Å². The summed E-state index contributed by atoms with van der Waals surface area (Å²) >= 11 is 1.42. The van der Waals surface area contributed by atoms with Crippen LogP contribution < -0.4 is 10.6 Å². The van der Waals surface area contributed by atoms with Crippen molar-refractivity contribution in [3.05, 3.63) is 76.2 Å². The lowest BCUT2D eigenvalue weighted by molar-refractivity contribution is -0.113. The highest BCUT2D eigenvalue weighted by molar-refractivity contribution is 7.98. The topological polar surface area (TPSA) is 71.8 Å². The first kappa shape index (κ1) is 20.2. The lowest BCUT2D eigenvalue weighted by Gasteiger charge is -2.28. The van der Waals surface area contributed by atoms with Crippen LogP contribution in [0.3, 0.4) is 0 Å². The standard InChI is InChI=1S/C22H22FN5OS/c1-12-5-10-17(13(2)11-12)25-20(29)18-14(3)24-21-26-22(30-4)27-28(21)19(18)15-6-8-16(23)9-7-15/h5-11,19H,1-4H3,(H,25,29)(H,24,26,27). The van der Waals surface area contributed by atoms with Crippen LogP contribution in [-0.4, -0.2) is 26.9 Å². The van der Waals surface area contributed by atoms with E-state index in [0.29, 0.717) is 22.4 Å². The molecule has 1 atom stereocenters. The number of fused-ring (bicyclic) bond motifs is 1. The van der Waals surface area contributed by atoms with Crippen LogP contribution in [-0.2, 0) is 4.79 Å². The molecule has 0 aliphatic carbocycles. The van der Waals surface area contributed by atoms with Gasteiger partial charge in [0.1, 0.15) is 11.9 Å². The number of carbonyl (C=O) groups excluding carboxylic acids is 1. The van der Waals surface area contributed by atoms with Gasteiger partial charge in [-0.3, -0.25) is 4.79 Å². The van der Waals surface area contributed by atoms with Crippen molar-refractivity contribution in [1.29, 1.82) is 0 Å². The van der Waals surface area contributed by atoms with Crippen LogP contribution in [0.15, 0.2) is 58.9 Å². The van der Waals surface area contributed by atoms with Gasteiger partial charge in [0, 0.05) is 11.4 Å². The second-order valence-electron chi connectivity index (χ2n) is 7.26. The molecule has 0 spiro atoms. The van der Waals surface area contributed by atoms with Gasteiger partial charge in [-0.2, -0.15) is 4.98 Å². The summed E-state index contributed by atoms with van der Waals surface area (Å²) in [5.74, 6) is -0.0272. The van der Waals surface area contributed by atoms with E-state index in [1.54, 1.807) is 16.8 Å². The van der Waals surface area contributed by atoms with Crippen molar-refractivity contribution < 1.29 is 9.18 Å².